The van der Waals surface area contributed by atoms with Gasteiger partial charge in [-0.15, -0.1) is 0 Å². The molecule has 1 aromatic rings. The number of amides is 1. The first-order valence-corrected chi connectivity index (χ1v) is 5.66. The highest BCUT2D eigenvalue weighted by atomic mass is 16.5. The molecule has 18 heavy (non-hydrogen) atoms. The van der Waals surface area contributed by atoms with E-state index in [1.165, 1.54) is 6.20 Å². The van der Waals surface area contributed by atoms with Crippen LogP contribution in [0.3, 0.4) is 0 Å². The molecular formula is C12H19N3O3. The molecule has 6 heteroatoms. The van der Waals surface area contributed by atoms with Crippen molar-refractivity contribution in [3.05, 3.63) is 24.0 Å². The van der Waals surface area contributed by atoms with Crippen LogP contribution >= 0.6 is 0 Å². The molecule has 1 rings (SSSR count). The first-order chi connectivity index (χ1) is 8.46. The molecule has 0 saturated carbocycles. The predicted octanol–water partition coefficient (Wildman–Crippen LogP) is 0.181. The van der Waals surface area contributed by atoms with E-state index in [9.17, 15) is 9.90 Å². The molecule has 1 heterocycles. The van der Waals surface area contributed by atoms with E-state index in [2.05, 4.69) is 10.3 Å². The zero-order chi connectivity index (χ0) is 13.6. The Bertz CT molecular complexity index is 407. The number of nitrogens with two attached hydrogens (primary N) is 1. The zero-order valence-electron chi connectivity index (χ0n) is 10.6. The number of hydrogen-bond acceptors (Lipinski definition) is 5. The molecule has 0 aliphatic carbocycles. The van der Waals surface area contributed by atoms with Gasteiger partial charge in [0.25, 0.3) is 5.91 Å². The van der Waals surface area contributed by atoms with Crippen molar-refractivity contribution in [1.29, 1.82) is 0 Å². The van der Waals surface area contributed by atoms with Gasteiger partial charge in [0.1, 0.15) is 0 Å². The van der Waals surface area contributed by atoms with Crippen LogP contribution in [-0.2, 0) is 4.74 Å². The number of anilines is 1. The highest BCUT2D eigenvalue weighted by Crippen LogP contribution is 2.10. The third kappa shape index (κ3) is 4.31. The number of rotatable bonds is 6. The molecule has 0 aromatic carbocycles. The van der Waals surface area contributed by atoms with E-state index in [4.69, 9.17) is 10.5 Å². The van der Waals surface area contributed by atoms with Crippen molar-refractivity contribution in [2.45, 2.75) is 18.9 Å². The number of methoxy groups -OCH3 is 1. The summed E-state index contributed by atoms with van der Waals surface area (Å²) in [6.07, 6.45) is 1.93. The number of hydrogen-bond donors (Lipinski definition) is 3. The van der Waals surface area contributed by atoms with E-state index in [1.807, 2.05) is 0 Å². The lowest BCUT2D eigenvalue weighted by Gasteiger charge is -2.23. The van der Waals surface area contributed by atoms with Gasteiger partial charge >= 0.3 is 0 Å². The van der Waals surface area contributed by atoms with E-state index in [0.717, 1.165) is 0 Å². The summed E-state index contributed by atoms with van der Waals surface area (Å²) >= 11 is 0. The molecular weight excluding hydrogens is 234 g/mol. The monoisotopic (exact) mass is 253 g/mol. The lowest BCUT2D eigenvalue weighted by atomic mass is 10.0. The van der Waals surface area contributed by atoms with Crippen LogP contribution in [0, 0.1) is 0 Å². The van der Waals surface area contributed by atoms with Gasteiger partial charge in [0.15, 0.2) is 5.69 Å². The van der Waals surface area contributed by atoms with Gasteiger partial charge < -0.3 is 20.9 Å². The molecule has 0 aliphatic heterocycles. The Morgan fingerprint density at radius 3 is 3.00 bits per heavy atom. The van der Waals surface area contributed by atoms with Crippen LogP contribution in [0.2, 0.25) is 0 Å². The quantitative estimate of drug-likeness (QED) is 0.672. The molecule has 0 bridgehead atoms. The number of aromatic nitrogens is 1. The summed E-state index contributed by atoms with van der Waals surface area (Å²) in [5.74, 6) is -0.397. The van der Waals surface area contributed by atoms with Crippen molar-refractivity contribution < 1.29 is 14.6 Å². The predicted molar refractivity (Wildman–Crippen MR) is 68.1 cm³/mol. The fraction of sp³-hybridized carbons (Fsp3) is 0.500. The molecule has 0 saturated heterocycles. The van der Waals surface area contributed by atoms with Gasteiger partial charge in [-0.3, -0.25) is 4.79 Å². The normalized spacial score (nSPS) is 13.9. The molecule has 0 spiro atoms. The second-order valence-corrected chi connectivity index (χ2v) is 4.36. The summed E-state index contributed by atoms with van der Waals surface area (Å²) in [6.45, 7) is 2.17. The van der Waals surface area contributed by atoms with E-state index < -0.39 is 11.5 Å². The summed E-state index contributed by atoms with van der Waals surface area (Å²) in [5, 5.41) is 12.6. The summed E-state index contributed by atoms with van der Waals surface area (Å²) in [7, 11) is 1.56. The third-order valence-corrected chi connectivity index (χ3v) is 2.53. The minimum atomic E-state index is -1.02. The topological polar surface area (TPSA) is 97.5 Å². The zero-order valence-corrected chi connectivity index (χ0v) is 10.6. The number of ether oxygens (including phenoxy) is 1. The molecule has 4 N–H and O–H groups in total. The van der Waals surface area contributed by atoms with Crippen LogP contribution in [0.15, 0.2) is 18.3 Å². The van der Waals surface area contributed by atoms with Gasteiger partial charge in [-0.2, -0.15) is 0 Å². The van der Waals surface area contributed by atoms with Crippen LogP contribution in [0.1, 0.15) is 23.8 Å². The van der Waals surface area contributed by atoms with Gasteiger partial charge in [0.2, 0.25) is 0 Å². The number of nitrogen functional groups attached to an aromatic ring is 1. The second-order valence-electron chi connectivity index (χ2n) is 4.36. The van der Waals surface area contributed by atoms with Crippen LogP contribution in [-0.4, -0.2) is 41.9 Å². The SMILES string of the molecule is COCCC(C)(O)CNC(=O)c1ncccc1N. The second kappa shape index (κ2) is 6.32. The van der Waals surface area contributed by atoms with Crippen molar-refractivity contribution in [1.82, 2.24) is 10.3 Å². The molecule has 100 valence electrons. The Morgan fingerprint density at radius 1 is 1.67 bits per heavy atom. The first kappa shape index (κ1) is 14.4. The van der Waals surface area contributed by atoms with Crippen molar-refractivity contribution in [2.75, 3.05) is 26.0 Å². The standard InChI is InChI=1S/C12H19N3O3/c1-12(17,5-7-18-2)8-15-11(16)10-9(13)4-3-6-14-10/h3-4,6,17H,5,7-8,13H2,1-2H3,(H,15,16). The maximum atomic E-state index is 11.8. The summed E-state index contributed by atoms with van der Waals surface area (Å²) in [5.41, 5.74) is 5.09. The van der Waals surface area contributed by atoms with Crippen molar-refractivity contribution in [2.24, 2.45) is 0 Å². The summed E-state index contributed by atoms with van der Waals surface area (Å²) in [6, 6.07) is 3.26. The molecule has 6 nitrogen and oxygen atoms in total. The summed E-state index contributed by atoms with van der Waals surface area (Å²) < 4.78 is 4.88. The fourth-order valence-electron chi connectivity index (χ4n) is 1.37. The Labute approximate surface area is 106 Å². The van der Waals surface area contributed by atoms with E-state index in [1.54, 1.807) is 26.2 Å². The van der Waals surface area contributed by atoms with Gasteiger partial charge in [0, 0.05) is 32.9 Å². The van der Waals surface area contributed by atoms with Crippen molar-refractivity contribution in [3.8, 4) is 0 Å². The molecule has 0 fully saturated rings. The number of pyridine rings is 1. The van der Waals surface area contributed by atoms with Crippen LogP contribution < -0.4 is 11.1 Å². The lowest BCUT2D eigenvalue weighted by molar-refractivity contribution is 0.0243. The smallest absolute Gasteiger partial charge is 0.272 e. The van der Waals surface area contributed by atoms with E-state index in [-0.39, 0.29) is 12.2 Å². The molecule has 1 atom stereocenters. The van der Waals surface area contributed by atoms with Crippen LogP contribution in [0.4, 0.5) is 5.69 Å². The van der Waals surface area contributed by atoms with Gasteiger partial charge in [-0.1, -0.05) is 0 Å². The molecule has 1 unspecified atom stereocenters. The van der Waals surface area contributed by atoms with Gasteiger partial charge in [-0.05, 0) is 19.1 Å². The van der Waals surface area contributed by atoms with E-state index in [0.29, 0.717) is 18.7 Å². The minimum Gasteiger partial charge on any atom is -0.397 e. The van der Waals surface area contributed by atoms with E-state index >= 15 is 0 Å². The van der Waals surface area contributed by atoms with Gasteiger partial charge in [0.05, 0.1) is 11.3 Å². The lowest BCUT2D eigenvalue weighted by Crippen LogP contribution is -2.41. The molecule has 1 amide bonds. The number of carbonyl (C=O) groups excluding carboxylic acids is 1. The van der Waals surface area contributed by atoms with Crippen LogP contribution in [0.5, 0.6) is 0 Å². The van der Waals surface area contributed by atoms with Crippen molar-refractivity contribution >= 4 is 11.6 Å². The highest BCUT2D eigenvalue weighted by molar-refractivity contribution is 5.96. The van der Waals surface area contributed by atoms with Gasteiger partial charge in [-0.25, -0.2) is 4.98 Å². The van der Waals surface area contributed by atoms with Crippen LogP contribution in [0.25, 0.3) is 0 Å². The summed E-state index contributed by atoms with van der Waals surface area (Å²) in [4.78, 5) is 15.7. The number of nitrogens with zero attached hydrogens (tertiary/aromatic N) is 1. The molecule has 0 radical (unpaired) electrons. The Kier molecular flexibility index (Phi) is 5.06. The third-order valence-electron chi connectivity index (χ3n) is 2.53. The highest BCUT2D eigenvalue weighted by Gasteiger charge is 2.22. The molecule has 1 aromatic heterocycles. The average Bonchev–Trinajstić information content (AvgIpc) is 2.34. The maximum absolute atomic E-state index is 11.8. The number of aliphatic hydroxyl groups is 1. The Hall–Kier alpha value is -1.66. The fourth-order valence-corrected chi connectivity index (χ4v) is 1.37. The average molecular weight is 253 g/mol. The number of carbonyl (C=O) groups is 1. The Morgan fingerprint density at radius 2 is 2.39 bits per heavy atom. The molecule has 0 aliphatic rings. The first-order valence-electron chi connectivity index (χ1n) is 5.66. The number of nitrogens with one attached hydrogen (secondary N) is 1. The largest absolute Gasteiger partial charge is 0.397 e. The Balaban J connectivity index is 2.54. The maximum Gasteiger partial charge on any atom is 0.272 e. The minimum absolute atomic E-state index is 0.116. The van der Waals surface area contributed by atoms with Crippen molar-refractivity contribution in [3.63, 3.8) is 0 Å².